The van der Waals surface area contributed by atoms with Crippen LogP contribution in [0.25, 0.3) is 0 Å². The van der Waals surface area contributed by atoms with Crippen LogP contribution in [-0.2, 0) is 16.1 Å². The van der Waals surface area contributed by atoms with Crippen LogP contribution in [0.15, 0.2) is 18.5 Å². The minimum atomic E-state index is -0.196. The molecule has 1 atom stereocenters. The van der Waals surface area contributed by atoms with E-state index in [1.165, 1.54) is 5.56 Å². The molecule has 4 nitrogen and oxygen atoms in total. The van der Waals surface area contributed by atoms with Gasteiger partial charge in [0.15, 0.2) is 0 Å². The number of nitrogens with one attached hydrogen (secondary N) is 1. The summed E-state index contributed by atoms with van der Waals surface area (Å²) in [5, 5.41) is 3.33. The molecule has 0 aliphatic rings. The van der Waals surface area contributed by atoms with Crippen molar-refractivity contribution in [2.75, 3.05) is 6.54 Å². The summed E-state index contributed by atoms with van der Waals surface area (Å²) in [5.41, 5.74) is 1.18. The predicted molar refractivity (Wildman–Crippen MR) is 67.8 cm³/mol. The fourth-order valence-corrected chi connectivity index (χ4v) is 1.69. The molecule has 4 heteroatoms. The van der Waals surface area contributed by atoms with Crippen LogP contribution in [-0.4, -0.2) is 23.2 Å². The normalized spacial score (nSPS) is 12.8. The Labute approximate surface area is 103 Å². The molecule has 1 rings (SSSR count). The van der Waals surface area contributed by atoms with E-state index in [4.69, 9.17) is 4.74 Å². The van der Waals surface area contributed by atoms with Crippen LogP contribution in [0.5, 0.6) is 0 Å². The minimum absolute atomic E-state index is 0.0572. The number of hydrogen-bond donors (Lipinski definition) is 1. The summed E-state index contributed by atoms with van der Waals surface area (Å²) in [6.45, 7) is 9.10. The van der Waals surface area contributed by atoms with Gasteiger partial charge in [0.1, 0.15) is 6.54 Å². The maximum absolute atomic E-state index is 11.5. The number of nitrogens with zero attached hydrogens (tertiary/aromatic N) is 1. The second-order valence-corrected chi connectivity index (χ2v) is 4.44. The Morgan fingerprint density at radius 2 is 2.18 bits per heavy atom. The van der Waals surface area contributed by atoms with Gasteiger partial charge in [0.2, 0.25) is 0 Å². The Morgan fingerprint density at radius 1 is 1.47 bits per heavy atom. The van der Waals surface area contributed by atoms with Crippen LogP contribution in [0.2, 0.25) is 0 Å². The fraction of sp³-hybridized carbons (Fsp3) is 0.615. The van der Waals surface area contributed by atoms with Gasteiger partial charge >= 0.3 is 5.97 Å². The van der Waals surface area contributed by atoms with Crippen molar-refractivity contribution in [2.24, 2.45) is 0 Å². The highest BCUT2D eigenvalue weighted by molar-refractivity contribution is 5.69. The lowest BCUT2D eigenvalue weighted by atomic mass is 10.2. The lowest BCUT2D eigenvalue weighted by Crippen LogP contribution is -2.18. The third-order valence-corrected chi connectivity index (χ3v) is 2.46. The van der Waals surface area contributed by atoms with E-state index >= 15 is 0 Å². The van der Waals surface area contributed by atoms with Crippen molar-refractivity contribution in [3.8, 4) is 0 Å². The molecule has 1 aromatic rings. The number of hydrogen-bond acceptors (Lipinski definition) is 3. The van der Waals surface area contributed by atoms with Crippen molar-refractivity contribution in [1.29, 1.82) is 0 Å². The van der Waals surface area contributed by atoms with Gasteiger partial charge in [-0.3, -0.25) is 4.79 Å². The molecule has 0 saturated heterocycles. The molecule has 0 amide bonds. The molecule has 0 saturated carbocycles. The quantitative estimate of drug-likeness (QED) is 0.772. The molecular weight excluding hydrogens is 216 g/mol. The van der Waals surface area contributed by atoms with Gasteiger partial charge in [-0.05, 0) is 38.9 Å². The Hall–Kier alpha value is -1.29. The van der Waals surface area contributed by atoms with Crippen LogP contribution >= 0.6 is 0 Å². The van der Waals surface area contributed by atoms with Crippen LogP contribution < -0.4 is 5.32 Å². The largest absolute Gasteiger partial charge is 0.462 e. The van der Waals surface area contributed by atoms with Crippen molar-refractivity contribution in [3.63, 3.8) is 0 Å². The molecule has 1 unspecified atom stereocenters. The highest BCUT2D eigenvalue weighted by atomic mass is 16.5. The third-order valence-electron chi connectivity index (χ3n) is 2.46. The van der Waals surface area contributed by atoms with Gasteiger partial charge in [0, 0.05) is 18.4 Å². The van der Waals surface area contributed by atoms with Crippen molar-refractivity contribution >= 4 is 5.97 Å². The zero-order chi connectivity index (χ0) is 12.8. The van der Waals surface area contributed by atoms with Gasteiger partial charge in [-0.1, -0.05) is 6.92 Å². The lowest BCUT2D eigenvalue weighted by Gasteiger charge is -2.10. The van der Waals surface area contributed by atoms with E-state index in [-0.39, 0.29) is 18.6 Å². The van der Waals surface area contributed by atoms with Gasteiger partial charge in [-0.15, -0.1) is 0 Å². The summed E-state index contributed by atoms with van der Waals surface area (Å²) in [6, 6.07) is 2.33. The van der Waals surface area contributed by atoms with E-state index in [0.717, 1.165) is 6.54 Å². The Balaban J connectivity index is 2.53. The summed E-state index contributed by atoms with van der Waals surface area (Å²) in [5.74, 6) is -0.196. The van der Waals surface area contributed by atoms with E-state index in [0.29, 0.717) is 6.04 Å². The minimum Gasteiger partial charge on any atom is -0.462 e. The van der Waals surface area contributed by atoms with E-state index in [1.807, 2.05) is 36.9 Å². The molecule has 0 spiro atoms. The molecule has 1 heterocycles. The Bertz CT molecular complexity index is 358. The van der Waals surface area contributed by atoms with E-state index in [1.54, 1.807) is 0 Å². The molecule has 17 heavy (non-hydrogen) atoms. The molecule has 0 bridgehead atoms. The second kappa shape index (κ2) is 6.45. The Morgan fingerprint density at radius 3 is 2.76 bits per heavy atom. The maximum atomic E-state index is 11.5. The van der Waals surface area contributed by atoms with Crippen LogP contribution in [0, 0.1) is 0 Å². The standard InChI is InChI=1S/C13H22N2O2/c1-5-14-11(4)12-6-7-15(8-12)9-13(16)17-10(2)3/h6-8,10-11,14H,5,9H2,1-4H3. The van der Waals surface area contributed by atoms with Crippen molar-refractivity contribution in [3.05, 3.63) is 24.0 Å². The van der Waals surface area contributed by atoms with Gasteiger partial charge < -0.3 is 14.6 Å². The number of aromatic nitrogens is 1. The predicted octanol–water partition coefficient (Wildman–Crippen LogP) is 2.11. The van der Waals surface area contributed by atoms with Gasteiger partial charge in [-0.25, -0.2) is 0 Å². The highest BCUT2D eigenvalue weighted by Crippen LogP contribution is 2.12. The zero-order valence-electron chi connectivity index (χ0n) is 11.1. The highest BCUT2D eigenvalue weighted by Gasteiger charge is 2.09. The smallest absolute Gasteiger partial charge is 0.326 e. The van der Waals surface area contributed by atoms with Gasteiger partial charge in [0.05, 0.1) is 6.10 Å². The van der Waals surface area contributed by atoms with Gasteiger partial charge in [-0.2, -0.15) is 0 Å². The monoisotopic (exact) mass is 238 g/mol. The molecule has 0 radical (unpaired) electrons. The summed E-state index contributed by atoms with van der Waals surface area (Å²) < 4.78 is 6.95. The molecule has 96 valence electrons. The first-order valence-electron chi connectivity index (χ1n) is 6.11. The number of ether oxygens (including phenoxy) is 1. The number of carbonyl (C=O) groups excluding carboxylic acids is 1. The number of rotatable bonds is 6. The number of esters is 1. The van der Waals surface area contributed by atoms with E-state index in [9.17, 15) is 4.79 Å². The molecule has 1 N–H and O–H groups in total. The van der Waals surface area contributed by atoms with Crippen molar-refractivity contribution < 1.29 is 9.53 Å². The lowest BCUT2D eigenvalue weighted by molar-refractivity contribution is -0.148. The van der Waals surface area contributed by atoms with Gasteiger partial charge in [0.25, 0.3) is 0 Å². The van der Waals surface area contributed by atoms with Crippen LogP contribution in [0.1, 0.15) is 39.3 Å². The van der Waals surface area contributed by atoms with Crippen molar-refractivity contribution in [1.82, 2.24) is 9.88 Å². The van der Waals surface area contributed by atoms with Crippen LogP contribution in [0.3, 0.4) is 0 Å². The van der Waals surface area contributed by atoms with E-state index < -0.39 is 0 Å². The van der Waals surface area contributed by atoms with Crippen molar-refractivity contribution in [2.45, 2.75) is 46.4 Å². The SMILES string of the molecule is CCNC(C)c1ccn(CC(=O)OC(C)C)c1. The maximum Gasteiger partial charge on any atom is 0.326 e. The van der Waals surface area contributed by atoms with E-state index in [2.05, 4.69) is 19.2 Å². The van der Waals surface area contributed by atoms with Crippen LogP contribution in [0.4, 0.5) is 0 Å². The average molecular weight is 238 g/mol. The summed E-state index contributed by atoms with van der Waals surface area (Å²) >= 11 is 0. The second-order valence-electron chi connectivity index (χ2n) is 4.44. The molecular formula is C13H22N2O2. The first-order chi connectivity index (χ1) is 8.02. The molecule has 0 aromatic carbocycles. The summed E-state index contributed by atoms with van der Waals surface area (Å²) in [7, 11) is 0. The first kappa shape index (κ1) is 13.8. The fourth-order valence-electron chi connectivity index (χ4n) is 1.69. The average Bonchev–Trinajstić information content (AvgIpc) is 2.65. The Kier molecular flexibility index (Phi) is 5.22. The molecule has 0 aliphatic heterocycles. The molecule has 0 aliphatic carbocycles. The number of carbonyl (C=O) groups is 1. The first-order valence-corrected chi connectivity index (χ1v) is 6.11. The summed E-state index contributed by atoms with van der Waals surface area (Å²) in [4.78, 5) is 11.5. The summed E-state index contributed by atoms with van der Waals surface area (Å²) in [6.07, 6.45) is 3.83. The molecule has 1 aromatic heterocycles. The topological polar surface area (TPSA) is 43.3 Å². The molecule has 0 fully saturated rings. The zero-order valence-corrected chi connectivity index (χ0v) is 11.1. The third kappa shape index (κ3) is 4.61.